The summed E-state index contributed by atoms with van der Waals surface area (Å²) in [6.07, 6.45) is 0. The van der Waals surface area contributed by atoms with Gasteiger partial charge in [0, 0.05) is 10.8 Å². The van der Waals surface area contributed by atoms with Crippen molar-refractivity contribution in [3.63, 3.8) is 0 Å². The molecule has 4 heteroatoms. The van der Waals surface area contributed by atoms with Gasteiger partial charge in [-0.3, -0.25) is 0 Å². The van der Waals surface area contributed by atoms with Crippen LogP contribution in [0.1, 0.15) is 5.56 Å². The highest BCUT2D eigenvalue weighted by atomic mass is 35.5. The lowest BCUT2D eigenvalue weighted by molar-refractivity contribution is 0.491. The number of thiol groups is 1. The van der Waals surface area contributed by atoms with E-state index in [0.29, 0.717) is 10.9 Å². The molecular weight excluding hydrogens is 224 g/mol. The van der Waals surface area contributed by atoms with Gasteiger partial charge in [-0.25, -0.2) is 0 Å². The first-order chi connectivity index (χ1) is 6.22. The van der Waals surface area contributed by atoms with Gasteiger partial charge in [0.15, 0.2) is 5.06 Å². The number of hydrogen-bond donors (Lipinski definition) is 2. The average molecular weight is 231 g/mol. The van der Waals surface area contributed by atoms with Crippen molar-refractivity contribution in [2.45, 2.75) is 10.8 Å². The fourth-order valence-corrected chi connectivity index (χ4v) is 2.83. The van der Waals surface area contributed by atoms with Gasteiger partial charge in [-0.15, -0.1) is 24.2 Å². The average Bonchev–Trinajstić information content (AvgIpc) is 2.47. The summed E-state index contributed by atoms with van der Waals surface area (Å²) in [5.74, 6) is 0.452. The largest absolute Gasteiger partial charge is 0.499 e. The van der Waals surface area contributed by atoms with Crippen LogP contribution < -0.4 is 0 Å². The van der Waals surface area contributed by atoms with Gasteiger partial charge in [-0.2, -0.15) is 0 Å². The number of halogens is 1. The zero-order chi connectivity index (χ0) is 9.42. The lowest BCUT2D eigenvalue weighted by atomic mass is 10.2. The minimum Gasteiger partial charge on any atom is -0.499 e. The number of benzene rings is 1. The predicted molar refractivity (Wildman–Crippen MR) is 60.3 cm³/mol. The fraction of sp³-hybridized carbons (Fsp3) is 0.111. The standard InChI is InChI=1S/C9H7ClOS2/c10-4-6-2-1-5-3-7(11)13-9(5)8(6)12/h1-3,11-12H,4H2. The number of fused-ring (bicyclic) bond motifs is 1. The molecule has 2 aromatic rings. The van der Waals surface area contributed by atoms with Crippen LogP contribution in [0.4, 0.5) is 0 Å². The highest BCUT2D eigenvalue weighted by molar-refractivity contribution is 7.80. The molecule has 0 unspecified atom stereocenters. The number of rotatable bonds is 1. The molecule has 0 amide bonds. The maximum atomic E-state index is 9.30. The maximum absolute atomic E-state index is 9.30. The van der Waals surface area contributed by atoms with Crippen molar-refractivity contribution in [2.24, 2.45) is 0 Å². The van der Waals surface area contributed by atoms with E-state index in [-0.39, 0.29) is 0 Å². The van der Waals surface area contributed by atoms with Crippen molar-refractivity contribution in [1.82, 2.24) is 0 Å². The molecule has 0 fully saturated rings. The number of alkyl halides is 1. The third-order valence-electron chi connectivity index (χ3n) is 1.88. The molecule has 0 bridgehead atoms. The Kier molecular flexibility index (Phi) is 2.41. The fourth-order valence-electron chi connectivity index (χ4n) is 1.22. The molecule has 0 spiro atoms. The summed E-state index contributed by atoms with van der Waals surface area (Å²) in [6, 6.07) is 5.62. The summed E-state index contributed by atoms with van der Waals surface area (Å²) in [6.45, 7) is 0. The van der Waals surface area contributed by atoms with Crippen LogP contribution in [0.2, 0.25) is 0 Å². The molecule has 1 aromatic heterocycles. The van der Waals surface area contributed by atoms with Gasteiger partial charge < -0.3 is 5.11 Å². The Hall–Kier alpha value is -0.380. The smallest absolute Gasteiger partial charge is 0.172 e. The minimum absolute atomic E-state index is 0.317. The third-order valence-corrected chi connectivity index (χ3v) is 3.80. The van der Waals surface area contributed by atoms with Crippen molar-refractivity contribution >= 4 is 45.7 Å². The first-order valence-corrected chi connectivity index (χ1v) is 5.51. The zero-order valence-corrected chi connectivity index (χ0v) is 9.09. The molecule has 0 saturated carbocycles. The first-order valence-electron chi connectivity index (χ1n) is 3.71. The summed E-state index contributed by atoms with van der Waals surface area (Å²) < 4.78 is 0.999. The van der Waals surface area contributed by atoms with E-state index in [1.54, 1.807) is 6.07 Å². The van der Waals surface area contributed by atoms with E-state index < -0.39 is 0 Å². The molecule has 0 atom stereocenters. The van der Waals surface area contributed by atoms with Gasteiger partial charge in [-0.1, -0.05) is 23.5 Å². The zero-order valence-electron chi connectivity index (χ0n) is 6.62. The number of thiophene rings is 1. The minimum atomic E-state index is 0.317. The van der Waals surface area contributed by atoms with Crippen LogP contribution in [0.15, 0.2) is 23.1 Å². The Bertz CT molecular complexity index is 450. The van der Waals surface area contributed by atoms with Gasteiger partial charge in [-0.05, 0) is 17.0 Å². The Labute approximate surface area is 90.4 Å². The highest BCUT2D eigenvalue weighted by Gasteiger charge is 2.06. The van der Waals surface area contributed by atoms with Crippen molar-refractivity contribution in [3.05, 3.63) is 23.8 Å². The summed E-state index contributed by atoms with van der Waals surface area (Å²) in [5, 5.41) is 10.6. The lowest BCUT2D eigenvalue weighted by Gasteiger charge is -2.00. The van der Waals surface area contributed by atoms with Crippen LogP contribution in [0.5, 0.6) is 5.06 Å². The van der Waals surface area contributed by atoms with Crippen molar-refractivity contribution < 1.29 is 5.11 Å². The molecule has 13 heavy (non-hydrogen) atoms. The van der Waals surface area contributed by atoms with Crippen LogP contribution >= 0.6 is 35.6 Å². The van der Waals surface area contributed by atoms with E-state index in [9.17, 15) is 5.11 Å². The summed E-state index contributed by atoms with van der Waals surface area (Å²) >= 11 is 11.4. The summed E-state index contributed by atoms with van der Waals surface area (Å²) in [7, 11) is 0. The van der Waals surface area contributed by atoms with E-state index in [1.165, 1.54) is 11.3 Å². The van der Waals surface area contributed by atoms with Crippen LogP contribution in [0.25, 0.3) is 10.1 Å². The molecule has 0 saturated heterocycles. The van der Waals surface area contributed by atoms with Crippen LogP contribution in [0.3, 0.4) is 0 Å². The quantitative estimate of drug-likeness (QED) is 0.566. The van der Waals surface area contributed by atoms with E-state index in [1.807, 2.05) is 12.1 Å². The van der Waals surface area contributed by atoms with Gasteiger partial charge in [0.25, 0.3) is 0 Å². The molecule has 0 aliphatic rings. The predicted octanol–water partition coefficient (Wildman–Crippen LogP) is 3.63. The summed E-state index contributed by atoms with van der Waals surface area (Å²) in [4.78, 5) is 0.873. The molecule has 1 N–H and O–H groups in total. The SMILES string of the molecule is Oc1cc2ccc(CCl)c(S)c2s1. The van der Waals surface area contributed by atoms with Gasteiger partial charge in [0.2, 0.25) is 0 Å². The lowest BCUT2D eigenvalue weighted by Crippen LogP contribution is -1.79. The van der Waals surface area contributed by atoms with Gasteiger partial charge >= 0.3 is 0 Å². The van der Waals surface area contributed by atoms with Crippen molar-refractivity contribution in [3.8, 4) is 5.06 Å². The van der Waals surface area contributed by atoms with E-state index in [0.717, 1.165) is 20.5 Å². The topological polar surface area (TPSA) is 20.2 Å². The molecule has 1 nitrogen and oxygen atoms in total. The molecular formula is C9H7ClOS2. The summed E-state index contributed by atoms with van der Waals surface area (Å²) in [5.41, 5.74) is 0.999. The Morgan fingerprint density at radius 3 is 2.92 bits per heavy atom. The third kappa shape index (κ3) is 1.52. The van der Waals surface area contributed by atoms with Crippen LogP contribution in [0, 0.1) is 0 Å². The van der Waals surface area contributed by atoms with E-state index in [2.05, 4.69) is 12.6 Å². The van der Waals surface area contributed by atoms with E-state index >= 15 is 0 Å². The maximum Gasteiger partial charge on any atom is 0.172 e. The first kappa shape index (κ1) is 9.19. The monoisotopic (exact) mass is 230 g/mol. The Morgan fingerprint density at radius 1 is 1.46 bits per heavy atom. The molecule has 0 aliphatic heterocycles. The van der Waals surface area contributed by atoms with Crippen molar-refractivity contribution in [1.29, 1.82) is 0 Å². The Morgan fingerprint density at radius 2 is 2.23 bits per heavy atom. The molecule has 1 aromatic carbocycles. The second-order valence-electron chi connectivity index (χ2n) is 2.71. The second kappa shape index (κ2) is 3.40. The van der Waals surface area contributed by atoms with Gasteiger partial charge in [0.1, 0.15) is 0 Å². The van der Waals surface area contributed by atoms with E-state index in [4.69, 9.17) is 11.6 Å². The normalized spacial score (nSPS) is 10.9. The Balaban J connectivity index is 2.78. The van der Waals surface area contributed by atoms with Crippen LogP contribution in [-0.2, 0) is 5.88 Å². The van der Waals surface area contributed by atoms with Crippen LogP contribution in [-0.4, -0.2) is 5.11 Å². The molecule has 1 heterocycles. The molecule has 0 aliphatic carbocycles. The number of aromatic hydroxyl groups is 1. The molecule has 68 valence electrons. The number of hydrogen-bond acceptors (Lipinski definition) is 3. The van der Waals surface area contributed by atoms with Gasteiger partial charge in [0.05, 0.1) is 4.70 Å². The molecule has 0 radical (unpaired) electrons. The highest BCUT2D eigenvalue weighted by Crippen LogP contribution is 2.36. The van der Waals surface area contributed by atoms with Crippen molar-refractivity contribution in [2.75, 3.05) is 0 Å². The second-order valence-corrected chi connectivity index (χ2v) is 4.46. The molecule has 2 rings (SSSR count).